The molecule has 0 bridgehead atoms. The smallest absolute Gasteiger partial charge is 0.260 e. The van der Waals surface area contributed by atoms with Gasteiger partial charge in [-0.25, -0.2) is 4.98 Å². The van der Waals surface area contributed by atoms with Gasteiger partial charge in [0.2, 0.25) is 5.91 Å². The molecule has 0 unspecified atom stereocenters. The number of hydrogen-bond acceptors (Lipinski definition) is 5. The number of fused-ring (bicyclic) bond motifs is 1. The Kier molecular flexibility index (Phi) is 4.78. The normalized spacial score (nSPS) is 12.2. The average Bonchev–Trinajstić information content (AvgIpc) is 3.02. The van der Waals surface area contributed by atoms with E-state index in [4.69, 9.17) is 0 Å². The number of amides is 1. The van der Waals surface area contributed by atoms with E-state index in [9.17, 15) is 9.59 Å². The first-order chi connectivity index (χ1) is 11.1. The number of carbonyl (C=O) groups is 1. The number of carbonyl (C=O) groups excluding carboxylic acids is 1. The topological polar surface area (TPSA) is 74.8 Å². The fourth-order valence-electron chi connectivity index (χ4n) is 2.05. The number of H-pyrrole nitrogens is 1. The highest BCUT2D eigenvalue weighted by atomic mass is 32.2. The molecule has 0 spiro atoms. The molecule has 3 rings (SSSR count). The molecule has 0 fully saturated rings. The molecule has 5 nitrogen and oxygen atoms in total. The first kappa shape index (κ1) is 15.8. The summed E-state index contributed by atoms with van der Waals surface area (Å²) in [5, 5.41) is 5.42. The summed E-state index contributed by atoms with van der Waals surface area (Å²) in [7, 11) is 0. The number of benzene rings is 1. The van der Waals surface area contributed by atoms with Gasteiger partial charge in [-0.05, 0) is 23.9 Å². The average molecular weight is 345 g/mol. The third-order valence-electron chi connectivity index (χ3n) is 3.28. The maximum Gasteiger partial charge on any atom is 0.260 e. The van der Waals surface area contributed by atoms with Crippen molar-refractivity contribution in [1.82, 2.24) is 15.3 Å². The van der Waals surface area contributed by atoms with E-state index in [-0.39, 0.29) is 16.7 Å². The predicted molar refractivity (Wildman–Crippen MR) is 93.8 cm³/mol. The van der Waals surface area contributed by atoms with Gasteiger partial charge in [-0.15, -0.1) is 11.3 Å². The molecule has 23 heavy (non-hydrogen) atoms. The zero-order chi connectivity index (χ0) is 16.2. The van der Waals surface area contributed by atoms with E-state index in [0.717, 1.165) is 5.56 Å². The number of hydrogen-bond donors (Lipinski definition) is 2. The Morgan fingerprint density at radius 1 is 1.35 bits per heavy atom. The number of aromatic nitrogens is 2. The molecule has 0 saturated carbocycles. The molecule has 0 aliphatic carbocycles. The minimum absolute atomic E-state index is 0.0900. The molecule has 7 heteroatoms. The van der Waals surface area contributed by atoms with Crippen LogP contribution >= 0.6 is 23.1 Å². The lowest BCUT2D eigenvalue weighted by Crippen LogP contribution is -2.30. The summed E-state index contributed by atoms with van der Waals surface area (Å²) >= 11 is 2.66. The molecule has 118 valence electrons. The minimum atomic E-state index is -0.348. The van der Waals surface area contributed by atoms with Crippen LogP contribution in [-0.2, 0) is 11.3 Å². The van der Waals surface area contributed by atoms with E-state index in [1.54, 1.807) is 13.0 Å². The highest BCUT2D eigenvalue weighted by molar-refractivity contribution is 8.00. The van der Waals surface area contributed by atoms with Crippen molar-refractivity contribution < 1.29 is 4.79 Å². The highest BCUT2D eigenvalue weighted by Crippen LogP contribution is 2.22. The van der Waals surface area contributed by atoms with E-state index in [1.165, 1.54) is 23.1 Å². The molecule has 3 aromatic rings. The van der Waals surface area contributed by atoms with Gasteiger partial charge in [-0.3, -0.25) is 9.59 Å². The van der Waals surface area contributed by atoms with Gasteiger partial charge in [0.15, 0.2) is 5.16 Å². The van der Waals surface area contributed by atoms with Gasteiger partial charge >= 0.3 is 0 Å². The van der Waals surface area contributed by atoms with Gasteiger partial charge in [-0.1, -0.05) is 42.1 Å². The van der Waals surface area contributed by atoms with Crippen LogP contribution in [0.2, 0.25) is 0 Å². The lowest BCUT2D eigenvalue weighted by molar-refractivity contribution is -0.120. The Bertz CT molecular complexity index is 874. The standard InChI is InChI=1S/C16H15N3O2S2/c1-10(13(20)17-9-11-5-3-2-4-6-11)23-16-18-14(21)12-7-8-22-15(12)19-16/h2-8,10H,9H2,1H3,(H,17,20)(H,18,19,21)/t10-/m1/s1. The predicted octanol–water partition coefficient (Wildman–Crippen LogP) is 2.78. The second-order valence-electron chi connectivity index (χ2n) is 4.97. The van der Waals surface area contributed by atoms with Crippen LogP contribution in [0.4, 0.5) is 0 Å². The van der Waals surface area contributed by atoms with Gasteiger partial charge in [0.1, 0.15) is 4.83 Å². The van der Waals surface area contributed by atoms with Crippen LogP contribution < -0.4 is 10.9 Å². The second kappa shape index (κ2) is 6.97. The minimum Gasteiger partial charge on any atom is -0.351 e. The van der Waals surface area contributed by atoms with Gasteiger partial charge in [-0.2, -0.15) is 0 Å². The maximum atomic E-state index is 12.2. The lowest BCUT2D eigenvalue weighted by atomic mass is 10.2. The third-order valence-corrected chi connectivity index (χ3v) is 5.07. The Balaban J connectivity index is 1.64. The summed E-state index contributed by atoms with van der Waals surface area (Å²) < 4.78 is 0. The molecule has 1 amide bonds. The molecule has 0 aliphatic rings. The molecule has 0 aliphatic heterocycles. The van der Waals surface area contributed by atoms with Crippen LogP contribution in [0, 0.1) is 0 Å². The van der Waals surface area contributed by atoms with Crippen LogP contribution in [0.1, 0.15) is 12.5 Å². The van der Waals surface area contributed by atoms with Crippen LogP contribution in [0.25, 0.3) is 10.2 Å². The fourth-order valence-corrected chi connectivity index (χ4v) is 3.69. The van der Waals surface area contributed by atoms with Crippen molar-refractivity contribution in [2.75, 3.05) is 0 Å². The van der Waals surface area contributed by atoms with E-state index < -0.39 is 0 Å². The molecule has 2 N–H and O–H groups in total. The number of nitrogens with zero attached hydrogens (tertiary/aromatic N) is 1. The molecule has 0 radical (unpaired) electrons. The van der Waals surface area contributed by atoms with Crippen molar-refractivity contribution in [2.24, 2.45) is 0 Å². The second-order valence-corrected chi connectivity index (χ2v) is 7.20. The highest BCUT2D eigenvalue weighted by Gasteiger charge is 2.16. The van der Waals surface area contributed by atoms with Crippen LogP contribution in [-0.4, -0.2) is 21.1 Å². The Morgan fingerprint density at radius 3 is 2.91 bits per heavy atom. The first-order valence-corrected chi connectivity index (χ1v) is 8.85. The summed E-state index contributed by atoms with van der Waals surface area (Å²) in [4.78, 5) is 31.9. The summed E-state index contributed by atoms with van der Waals surface area (Å²) in [5.74, 6) is -0.0900. The SMILES string of the molecule is C[C@@H](Sc1nc2sccc2c(=O)[nH]1)C(=O)NCc1ccccc1. The molecule has 0 saturated heterocycles. The van der Waals surface area contributed by atoms with Crippen molar-refractivity contribution in [1.29, 1.82) is 0 Å². The van der Waals surface area contributed by atoms with E-state index >= 15 is 0 Å². The van der Waals surface area contributed by atoms with Gasteiger partial charge in [0.25, 0.3) is 5.56 Å². The molecule has 2 heterocycles. The lowest BCUT2D eigenvalue weighted by Gasteiger charge is -2.11. The quantitative estimate of drug-likeness (QED) is 0.551. The Labute approximate surface area is 141 Å². The van der Waals surface area contributed by atoms with Crippen molar-refractivity contribution in [2.45, 2.75) is 23.9 Å². The molecular weight excluding hydrogens is 330 g/mol. The Hall–Kier alpha value is -2.12. The van der Waals surface area contributed by atoms with Crippen molar-refractivity contribution in [3.05, 3.63) is 57.7 Å². The van der Waals surface area contributed by atoms with Crippen molar-refractivity contribution >= 4 is 39.2 Å². The number of thiophene rings is 1. The molecule has 1 atom stereocenters. The van der Waals surface area contributed by atoms with Crippen molar-refractivity contribution in [3.63, 3.8) is 0 Å². The van der Waals surface area contributed by atoms with Crippen LogP contribution in [0.15, 0.2) is 51.7 Å². The number of thioether (sulfide) groups is 1. The van der Waals surface area contributed by atoms with Crippen molar-refractivity contribution in [3.8, 4) is 0 Å². The van der Waals surface area contributed by atoms with Gasteiger partial charge < -0.3 is 10.3 Å². The first-order valence-electron chi connectivity index (χ1n) is 7.09. The zero-order valence-electron chi connectivity index (χ0n) is 12.4. The largest absolute Gasteiger partial charge is 0.351 e. The number of aromatic amines is 1. The summed E-state index contributed by atoms with van der Waals surface area (Å²) in [6, 6.07) is 11.5. The summed E-state index contributed by atoms with van der Waals surface area (Å²) in [6.45, 7) is 2.28. The third kappa shape index (κ3) is 3.80. The van der Waals surface area contributed by atoms with E-state index in [1.807, 2.05) is 35.7 Å². The van der Waals surface area contributed by atoms with E-state index in [0.29, 0.717) is 21.9 Å². The zero-order valence-corrected chi connectivity index (χ0v) is 14.0. The molecule has 2 aromatic heterocycles. The fraction of sp³-hybridized carbons (Fsp3) is 0.188. The Morgan fingerprint density at radius 2 is 2.13 bits per heavy atom. The van der Waals surface area contributed by atoms with Crippen LogP contribution in [0.3, 0.4) is 0 Å². The number of nitrogens with one attached hydrogen (secondary N) is 2. The number of rotatable bonds is 5. The van der Waals surface area contributed by atoms with Gasteiger partial charge in [0.05, 0.1) is 10.6 Å². The van der Waals surface area contributed by atoms with E-state index in [2.05, 4.69) is 15.3 Å². The maximum absolute atomic E-state index is 12.2. The van der Waals surface area contributed by atoms with Crippen LogP contribution in [0.5, 0.6) is 0 Å². The van der Waals surface area contributed by atoms with Gasteiger partial charge in [0, 0.05) is 6.54 Å². The molecule has 1 aromatic carbocycles. The molecular formula is C16H15N3O2S2. The summed E-state index contributed by atoms with van der Waals surface area (Å²) in [6.07, 6.45) is 0. The summed E-state index contributed by atoms with van der Waals surface area (Å²) in [5.41, 5.74) is 0.875. The monoisotopic (exact) mass is 345 g/mol.